The predicted molar refractivity (Wildman–Crippen MR) is 48.7 cm³/mol. The molecule has 0 aromatic heterocycles. The van der Waals surface area contributed by atoms with E-state index in [1.54, 1.807) is 0 Å². The van der Waals surface area contributed by atoms with Crippen molar-refractivity contribution in [3.05, 3.63) is 0 Å². The molecule has 0 aromatic carbocycles. The number of nitrogens with zero attached hydrogens (tertiary/aromatic N) is 2. The maximum atomic E-state index is 8.56. The molecule has 1 aliphatic rings. The molecule has 1 fully saturated rings. The third-order valence-corrected chi connectivity index (χ3v) is 2.41. The van der Waals surface area contributed by atoms with Crippen LogP contribution in [0.3, 0.4) is 0 Å². The summed E-state index contributed by atoms with van der Waals surface area (Å²) in [6, 6.07) is 2.61. The number of rotatable bonds is 1. The summed E-state index contributed by atoms with van der Waals surface area (Å²) in [6.07, 6.45) is 0.625. The van der Waals surface area contributed by atoms with Crippen LogP contribution in [-0.2, 0) is 0 Å². The SMILES string of the molecule is CN1CC(C)(C)NCC1CC#N. The molecule has 1 heterocycles. The highest BCUT2D eigenvalue weighted by Gasteiger charge is 2.29. The van der Waals surface area contributed by atoms with E-state index < -0.39 is 0 Å². The fourth-order valence-corrected chi connectivity index (χ4v) is 1.69. The van der Waals surface area contributed by atoms with Gasteiger partial charge in [0, 0.05) is 24.7 Å². The number of piperazine rings is 1. The van der Waals surface area contributed by atoms with Crippen molar-refractivity contribution in [2.24, 2.45) is 0 Å². The van der Waals surface area contributed by atoms with Crippen molar-refractivity contribution in [1.29, 1.82) is 5.26 Å². The van der Waals surface area contributed by atoms with E-state index in [9.17, 15) is 0 Å². The summed E-state index contributed by atoms with van der Waals surface area (Å²) in [5.74, 6) is 0. The lowest BCUT2D eigenvalue weighted by atomic mass is 9.98. The lowest BCUT2D eigenvalue weighted by Crippen LogP contribution is -2.60. The lowest BCUT2D eigenvalue weighted by Gasteiger charge is -2.42. The molecule has 1 unspecified atom stereocenters. The Hall–Kier alpha value is -0.590. The zero-order chi connectivity index (χ0) is 9.19. The summed E-state index contributed by atoms with van der Waals surface area (Å²) < 4.78 is 0. The molecule has 0 amide bonds. The molecular weight excluding hydrogens is 150 g/mol. The number of nitriles is 1. The van der Waals surface area contributed by atoms with E-state index in [4.69, 9.17) is 5.26 Å². The molecule has 12 heavy (non-hydrogen) atoms. The first kappa shape index (κ1) is 9.50. The van der Waals surface area contributed by atoms with E-state index >= 15 is 0 Å². The predicted octanol–water partition coefficient (Wildman–Crippen LogP) is 0.582. The molecule has 0 bridgehead atoms. The van der Waals surface area contributed by atoms with Crippen LogP contribution in [0.4, 0.5) is 0 Å². The minimum Gasteiger partial charge on any atom is -0.309 e. The summed E-state index contributed by atoms with van der Waals surface area (Å²) in [6.45, 7) is 6.31. The molecule has 1 atom stereocenters. The van der Waals surface area contributed by atoms with Gasteiger partial charge in [0.25, 0.3) is 0 Å². The quantitative estimate of drug-likeness (QED) is 0.621. The van der Waals surface area contributed by atoms with Crippen LogP contribution < -0.4 is 5.32 Å². The van der Waals surface area contributed by atoms with Crippen LogP contribution in [0.5, 0.6) is 0 Å². The minimum atomic E-state index is 0.195. The second kappa shape index (κ2) is 3.42. The van der Waals surface area contributed by atoms with E-state index in [1.807, 2.05) is 0 Å². The highest BCUT2D eigenvalue weighted by Crippen LogP contribution is 2.14. The van der Waals surface area contributed by atoms with E-state index in [1.165, 1.54) is 0 Å². The molecule has 68 valence electrons. The smallest absolute Gasteiger partial charge is 0.0638 e. The molecule has 1 N–H and O–H groups in total. The monoisotopic (exact) mass is 167 g/mol. The topological polar surface area (TPSA) is 39.1 Å². The molecule has 1 aliphatic heterocycles. The zero-order valence-corrected chi connectivity index (χ0v) is 8.09. The Labute approximate surface area is 74.4 Å². The molecule has 0 saturated carbocycles. The van der Waals surface area contributed by atoms with Crippen molar-refractivity contribution in [2.75, 3.05) is 20.1 Å². The summed E-state index contributed by atoms with van der Waals surface area (Å²) >= 11 is 0. The first-order chi connectivity index (χ1) is 5.55. The average Bonchev–Trinajstić information content (AvgIpc) is 1.94. The second-order valence-corrected chi connectivity index (χ2v) is 4.20. The van der Waals surface area contributed by atoms with Crippen molar-refractivity contribution >= 4 is 0 Å². The maximum Gasteiger partial charge on any atom is 0.0638 e. The van der Waals surface area contributed by atoms with E-state index in [0.29, 0.717) is 12.5 Å². The van der Waals surface area contributed by atoms with Gasteiger partial charge >= 0.3 is 0 Å². The Morgan fingerprint density at radius 3 is 2.83 bits per heavy atom. The van der Waals surface area contributed by atoms with Gasteiger partial charge in [-0.3, -0.25) is 4.90 Å². The molecule has 0 aromatic rings. The van der Waals surface area contributed by atoms with Gasteiger partial charge in [0.15, 0.2) is 0 Å². The summed E-state index contributed by atoms with van der Waals surface area (Å²) in [5, 5.41) is 12.0. The number of hydrogen-bond acceptors (Lipinski definition) is 3. The molecule has 3 heteroatoms. The normalized spacial score (nSPS) is 29.7. The first-order valence-corrected chi connectivity index (χ1v) is 4.37. The standard InChI is InChI=1S/C9H17N3/c1-9(2)7-12(3)8(4-5-10)6-11-9/h8,11H,4,6-7H2,1-3H3. The largest absolute Gasteiger partial charge is 0.309 e. The van der Waals surface area contributed by atoms with Crippen LogP contribution >= 0.6 is 0 Å². The van der Waals surface area contributed by atoms with Gasteiger partial charge in [-0.15, -0.1) is 0 Å². The Balaban J connectivity index is 2.49. The van der Waals surface area contributed by atoms with Crippen LogP contribution in [0.15, 0.2) is 0 Å². The van der Waals surface area contributed by atoms with Gasteiger partial charge in [-0.2, -0.15) is 5.26 Å². The summed E-state index contributed by atoms with van der Waals surface area (Å²) in [4.78, 5) is 2.26. The lowest BCUT2D eigenvalue weighted by molar-refractivity contribution is 0.125. The maximum absolute atomic E-state index is 8.56. The highest BCUT2D eigenvalue weighted by molar-refractivity contribution is 4.94. The number of hydrogen-bond donors (Lipinski definition) is 1. The fourth-order valence-electron chi connectivity index (χ4n) is 1.69. The average molecular weight is 167 g/mol. The van der Waals surface area contributed by atoms with Gasteiger partial charge in [-0.1, -0.05) is 0 Å². The molecule has 0 radical (unpaired) electrons. The van der Waals surface area contributed by atoms with Crippen molar-refractivity contribution in [2.45, 2.75) is 31.8 Å². The number of likely N-dealkylation sites (N-methyl/N-ethyl adjacent to an activating group) is 1. The molecular formula is C9H17N3. The van der Waals surface area contributed by atoms with E-state index in [2.05, 4.69) is 37.2 Å². The molecule has 0 aliphatic carbocycles. The van der Waals surface area contributed by atoms with Crippen molar-refractivity contribution in [1.82, 2.24) is 10.2 Å². The molecule has 1 rings (SSSR count). The first-order valence-electron chi connectivity index (χ1n) is 4.37. The molecule has 3 nitrogen and oxygen atoms in total. The Morgan fingerprint density at radius 1 is 1.67 bits per heavy atom. The summed E-state index contributed by atoms with van der Waals surface area (Å²) in [7, 11) is 2.09. The van der Waals surface area contributed by atoms with Gasteiger partial charge in [0.1, 0.15) is 0 Å². The Bertz CT molecular complexity index is 192. The van der Waals surface area contributed by atoms with Crippen molar-refractivity contribution in [3.63, 3.8) is 0 Å². The zero-order valence-electron chi connectivity index (χ0n) is 8.09. The van der Waals surface area contributed by atoms with E-state index in [0.717, 1.165) is 13.1 Å². The van der Waals surface area contributed by atoms with Gasteiger partial charge in [0.05, 0.1) is 12.5 Å². The third kappa shape index (κ3) is 2.20. The van der Waals surface area contributed by atoms with Gasteiger partial charge < -0.3 is 5.32 Å². The minimum absolute atomic E-state index is 0.195. The third-order valence-electron chi connectivity index (χ3n) is 2.41. The fraction of sp³-hybridized carbons (Fsp3) is 0.889. The van der Waals surface area contributed by atoms with E-state index in [-0.39, 0.29) is 5.54 Å². The number of nitrogens with one attached hydrogen (secondary N) is 1. The second-order valence-electron chi connectivity index (χ2n) is 4.20. The Morgan fingerprint density at radius 2 is 2.33 bits per heavy atom. The van der Waals surface area contributed by atoms with Crippen LogP contribution in [0.25, 0.3) is 0 Å². The molecule has 0 spiro atoms. The Kier molecular flexibility index (Phi) is 2.71. The summed E-state index contributed by atoms with van der Waals surface area (Å²) in [5.41, 5.74) is 0.195. The highest BCUT2D eigenvalue weighted by atomic mass is 15.2. The van der Waals surface area contributed by atoms with Crippen molar-refractivity contribution in [3.8, 4) is 6.07 Å². The van der Waals surface area contributed by atoms with Crippen molar-refractivity contribution < 1.29 is 0 Å². The van der Waals surface area contributed by atoms with Gasteiger partial charge in [0.2, 0.25) is 0 Å². The van der Waals surface area contributed by atoms with Crippen LogP contribution in [-0.4, -0.2) is 36.6 Å². The van der Waals surface area contributed by atoms with Crippen LogP contribution in [0, 0.1) is 11.3 Å². The van der Waals surface area contributed by atoms with Crippen LogP contribution in [0.1, 0.15) is 20.3 Å². The van der Waals surface area contributed by atoms with Crippen LogP contribution in [0.2, 0.25) is 0 Å². The molecule has 1 saturated heterocycles. The van der Waals surface area contributed by atoms with Gasteiger partial charge in [-0.05, 0) is 20.9 Å². The van der Waals surface area contributed by atoms with Gasteiger partial charge in [-0.25, -0.2) is 0 Å².